The molecule has 0 aliphatic carbocycles. The Kier molecular flexibility index (Phi) is 7.02. The number of aromatic nitrogens is 2. The van der Waals surface area contributed by atoms with Crippen LogP contribution in [0.1, 0.15) is 34.5 Å². The number of nitrogens with zero attached hydrogens (tertiary/aromatic N) is 3. The first-order chi connectivity index (χ1) is 16.7. The number of carbonyl (C=O) groups is 2. The number of benzene rings is 2. The maximum atomic E-state index is 12.9. The van der Waals surface area contributed by atoms with E-state index in [0.29, 0.717) is 30.1 Å². The largest absolute Gasteiger partial charge is 0.465 e. The van der Waals surface area contributed by atoms with E-state index in [9.17, 15) is 18.0 Å². The van der Waals surface area contributed by atoms with Gasteiger partial charge >= 0.3 is 5.97 Å². The summed E-state index contributed by atoms with van der Waals surface area (Å²) in [6, 6.07) is 11.8. The van der Waals surface area contributed by atoms with Crippen LogP contribution in [0.5, 0.6) is 0 Å². The lowest BCUT2D eigenvalue weighted by molar-refractivity contribution is -0.125. The van der Waals surface area contributed by atoms with Gasteiger partial charge in [0.2, 0.25) is 11.9 Å². The van der Waals surface area contributed by atoms with Gasteiger partial charge in [-0.15, -0.1) is 0 Å². The van der Waals surface area contributed by atoms with Crippen LogP contribution < -0.4 is 10.2 Å². The Bertz CT molecular complexity index is 1370. The molecule has 1 saturated heterocycles. The van der Waals surface area contributed by atoms with E-state index in [2.05, 4.69) is 15.3 Å². The van der Waals surface area contributed by atoms with Crippen LogP contribution in [-0.2, 0) is 25.9 Å². The number of aryl methyl sites for hydroxylation is 1. The van der Waals surface area contributed by atoms with Gasteiger partial charge in [-0.3, -0.25) is 4.79 Å². The van der Waals surface area contributed by atoms with Crippen molar-refractivity contribution in [1.29, 1.82) is 0 Å². The van der Waals surface area contributed by atoms with Gasteiger partial charge in [0.15, 0.2) is 9.84 Å². The third kappa shape index (κ3) is 5.59. The van der Waals surface area contributed by atoms with Crippen molar-refractivity contribution in [1.82, 2.24) is 15.3 Å². The number of esters is 1. The second kappa shape index (κ2) is 9.99. The fourth-order valence-electron chi connectivity index (χ4n) is 4.21. The number of piperidine rings is 1. The first-order valence-electron chi connectivity index (χ1n) is 11.3. The molecule has 0 unspecified atom stereocenters. The molecule has 1 aliphatic rings. The van der Waals surface area contributed by atoms with E-state index in [-0.39, 0.29) is 16.7 Å². The molecule has 1 fully saturated rings. The van der Waals surface area contributed by atoms with Gasteiger partial charge in [-0.1, -0.05) is 12.1 Å². The van der Waals surface area contributed by atoms with Crippen LogP contribution in [0.4, 0.5) is 5.95 Å². The van der Waals surface area contributed by atoms with Crippen molar-refractivity contribution >= 4 is 38.6 Å². The first kappa shape index (κ1) is 24.6. The highest BCUT2D eigenvalue weighted by molar-refractivity contribution is 7.90. The summed E-state index contributed by atoms with van der Waals surface area (Å²) in [6.07, 6.45) is 2.74. The van der Waals surface area contributed by atoms with Gasteiger partial charge in [0, 0.05) is 31.3 Å². The van der Waals surface area contributed by atoms with E-state index >= 15 is 0 Å². The number of methoxy groups -OCH3 is 1. The molecule has 9 nitrogen and oxygen atoms in total. The van der Waals surface area contributed by atoms with Crippen molar-refractivity contribution in [3.63, 3.8) is 0 Å². The van der Waals surface area contributed by atoms with Gasteiger partial charge in [-0.05, 0) is 55.7 Å². The molecular weight excluding hydrogens is 468 g/mol. The molecule has 35 heavy (non-hydrogen) atoms. The topological polar surface area (TPSA) is 119 Å². The highest BCUT2D eigenvalue weighted by Gasteiger charge is 2.27. The van der Waals surface area contributed by atoms with E-state index in [1.54, 1.807) is 42.5 Å². The molecule has 184 valence electrons. The zero-order chi connectivity index (χ0) is 25.2. The summed E-state index contributed by atoms with van der Waals surface area (Å²) in [6.45, 7) is 3.42. The highest BCUT2D eigenvalue weighted by Crippen LogP contribution is 2.26. The lowest BCUT2D eigenvalue weighted by atomic mass is 9.97. The number of hydrogen-bond acceptors (Lipinski definition) is 8. The minimum atomic E-state index is -3.35. The molecule has 1 aromatic heterocycles. The number of nitrogens with one attached hydrogen (secondary N) is 1. The molecule has 0 saturated carbocycles. The maximum absolute atomic E-state index is 12.9. The van der Waals surface area contributed by atoms with Crippen LogP contribution in [0, 0.1) is 12.8 Å². The van der Waals surface area contributed by atoms with Gasteiger partial charge in [0.05, 0.1) is 34.7 Å². The third-order valence-corrected chi connectivity index (χ3v) is 7.30. The summed E-state index contributed by atoms with van der Waals surface area (Å²) in [5.74, 6) is -0.179. The molecule has 1 amide bonds. The number of anilines is 1. The van der Waals surface area contributed by atoms with E-state index < -0.39 is 15.8 Å². The Labute approximate surface area is 204 Å². The predicted octanol–water partition coefficient (Wildman–Crippen LogP) is 2.66. The van der Waals surface area contributed by atoms with Gasteiger partial charge in [-0.2, -0.15) is 0 Å². The second-order valence-corrected chi connectivity index (χ2v) is 10.8. The normalized spacial score (nSPS) is 16.2. The van der Waals surface area contributed by atoms with Gasteiger partial charge < -0.3 is 15.0 Å². The number of carbonyl (C=O) groups excluding carboxylic acids is 2. The molecule has 0 radical (unpaired) electrons. The average molecular weight is 497 g/mol. The average Bonchev–Trinajstić information content (AvgIpc) is 2.86. The molecule has 0 spiro atoms. The van der Waals surface area contributed by atoms with Crippen molar-refractivity contribution < 1.29 is 22.7 Å². The summed E-state index contributed by atoms with van der Waals surface area (Å²) in [5.41, 5.74) is 2.66. The number of fused-ring (bicyclic) bond motifs is 1. The SMILES string of the molecule is COC(=O)c1ccc(CNC(=O)[C@H]2CCCN(c3nc(C)c4ccc(S(C)(=O)=O)cc4n3)C2)cc1. The Morgan fingerprint density at radius 2 is 1.89 bits per heavy atom. The van der Waals surface area contributed by atoms with Crippen molar-refractivity contribution in [2.75, 3.05) is 31.4 Å². The van der Waals surface area contributed by atoms with E-state index in [0.717, 1.165) is 36.0 Å². The first-order valence-corrected chi connectivity index (χ1v) is 13.2. The maximum Gasteiger partial charge on any atom is 0.337 e. The summed E-state index contributed by atoms with van der Waals surface area (Å²) < 4.78 is 28.6. The smallest absolute Gasteiger partial charge is 0.337 e. The third-order valence-electron chi connectivity index (χ3n) is 6.19. The Morgan fingerprint density at radius 3 is 2.57 bits per heavy atom. The van der Waals surface area contributed by atoms with Crippen LogP contribution in [0.2, 0.25) is 0 Å². The van der Waals surface area contributed by atoms with Crippen molar-refractivity contribution in [2.45, 2.75) is 31.2 Å². The quantitative estimate of drug-likeness (QED) is 0.518. The van der Waals surface area contributed by atoms with Gasteiger partial charge in [0.1, 0.15) is 0 Å². The number of hydrogen-bond donors (Lipinski definition) is 1. The van der Waals surface area contributed by atoms with Crippen molar-refractivity contribution in [3.8, 4) is 0 Å². The summed E-state index contributed by atoms with van der Waals surface area (Å²) >= 11 is 0. The number of rotatable bonds is 6. The van der Waals surface area contributed by atoms with Gasteiger partial charge in [0.25, 0.3) is 0 Å². The van der Waals surface area contributed by atoms with E-state index in [1.807, 2.05) is 11.8 Å². The van der Waals surface area contributed by atoms with Crippen molar-refractivity contribution in [3.05, 3.63) is 59.3 Å². The molecule has 10 heteroatoms. The van der Waals surface area contributed by atoms with Crippen LogP contribution in [-0.4, -0.2) is 56.7 Å². The number of amides is 1. The monoisotopic (exact) mass is 496 g/mol. The minimum absolute atomic E-state index is 0.0522. The molecule has 3 aromatic rings. The molecule has 1 aliphatic heterocycles. The summed E-state index contributed by atoms with van der Waals surface area (Å²) in [4.78, 5) is 35.9. The van der Waals surface area contributed by atoms with E-state index in [1.165, 1.54) is 13.4 Å². The second-order valence-electron chi connectivity index (χ2n) is 8.75. The number of ether oxygens (including phenoxy) is 1. The molecule has 0 bridgehead atoms. The minimum Gasteiger partial charge on any atom is -0.465 e. The van der Waals surface area contributed by atoms with E-state index in [4.69, 9.17) is 4.74 Å². The predicted molar refractivity (Wildman–Crippen MR) is 132 cm³/mol. The lowest BCUT2D eigenvalue weighted by Gasteiger charge is -2.32. The van der Waals surface area contributed by atoms with Crippen molar-refractivity contribution in [2.24, 2.45) is 5.92 Å². The van der Waals surface area contributed by atoms with Crippen LogP contribution in [0.15, 0.2) is 47.4 Å². The Balaban J connectivity index is 1.45. The lowest BCUT2D eigenvalue weighted by Crippen LogP contribution is -2.43. The zero-order valence-corrected chi connectivity index (χ0v) is 20.8. The molecule has 4 rings (SSSR count). The van der Waals surface area contributed by atoms with Gasteiger partial charge in [-0.25, -0.2) is 23.2 Å². The molecule has 2 aromatic carbocycles. The van der Waals surface area contributed by atoms with Crippen LogP contribution >= 0.6 is 0 Å². The molecule has 1 N–H and O–H groups in total. The summed E-state index contributed by atoms with van der Waals surface area (Å²) in [7, 11) is -2.02. The fourth-order valence-corrected chi connectivity index (χ4v) is 4.85. The summed E-state index contributed by atoms with van der Waals surface area (Å²) in [5, 5.41) is 3.78. The fraction of sp³-hybridized carbons (Fsp3) is 0.360. The molecule has 1 atom stereocenters. The Morgan fingerprint density at radius 1 is 1.14 bits per heavy atom. The van der Waals surface area contributed by atoms with Crippen LogP contribution in [0.25, 0.3) is 10.9 Å². The van der Waals surface area contributed by atoms with Crippen LogP contribution in [0.3, 0.4) is 0 Å². The molecule has 2 heterocycles. The Hall–Kier alpha value is -3.53. The highest BCUT2D eigenvalue weighted by atomic mass is 32.2. The number of sulfone groups is 1. The standard InChI is InChI=1S/C25H28N4O5S/c1-16-21-11-10-20(35(3,32)33)13-22(21)28-25(27-16)29-12-4-5-19(15-29)23(30)26-14-17-6-8-18(9-7-17)24(31)34-2/h6-11,13,19H,4-5,12,14-15H2,1-3H3,(H,26,30)/t19-/m0/s1. The molecular formula is C25H28N4O5S. The zero-order valence-electron chi connectivity index (χ0n) is 19.9.